The molecule has 0 saturated carbocycles. The van der Waals surface area contributed by atoms with Crippen LogP contribution in [0.5, 0.6) is 11.5 Å². The molecule has 18 heavy (non-hydrogen) atoms. The van der Waals surface area contributed by atoms with E-state index >= 15 is 0 Å². The molecule has 0 spiro atoms. The first-order chi connectivity index (χ1) is 8.69. The van der Waals surface area contributed by atoms with Gasteiger partial charge in [-0.1, -0.05) is 29.8 Å². The maximum absolute atomic E-state index is 10.7. The number of hydrogen-bond acceptors (Lipinski definition) is 3. The van der Waals surface area contributed by atoms with Crippen LogP contribution in [0.2, 0.25) is 0 Å². The van der Waals surface area contributed by atoms with Gasteiger partial charge in [-0.3, -0.25) is 0 Å². The van der Waals surface area contributed by atoms with E-state index in [4.69, 9.17) is 9.47 Å². The van der Waals surface area contributed by atoms with Crippen LogP contribution in [0, 0.1) is 0 Å². The molecule has 1 aliphatic rings. The van der Waals surface area contributed by atoms with E-state index in [1.807, 2.05) is 6.07 Å². The number of hydrogen-bond donors (Lipinski definition) is 0. The van der Waals surface area contributed by atoms with Crippen molar-refractivity contribution in [3.8, 4) is 11.5 Å². The van der Waals surface area contributed by atoms with Crippen molar-refractivity contribution in [1.29, 1.82) is 0 Å². The predicted octanol–water partition coefficient (Wildman–Crippen LogP) is 3.48. The molecular formula is C14H17BrO3. The molecule has 0 aliphatic carbocycles. The van der Waals surface area contributed by atoms with Gasteiger partial charge in [-0.05, 0) is 24.0 Å². The molecule has 0 fully saturated rings. The zero-order chi connectivity index (χ0) is 13.1. The van der Waals surface area contributed by atoms with Crippen LogP contribution >= 0.6 is 15.9 Å². The summed E-state index contributed by atoms with van der Waals surface area (Å²) in [6.45, 7) is 5.33. The van der Waals surface area contributed by atoms with Crippen LogP contribution in [0.1, 0.15) is 37.3 Å². The number of benzene rings is 1. The Hall–Kier alpha value is -1.03. The highest BCUT2D eigenvalue weighted by Crippen LogP contribution is 2.43. The van der Waals surface area contributed by atoms with Crippen LogP contribution in [-0.2, 0) is 11.2 Å². The molecule has 4 heteroatoms. The summed E-state index contributed by atoms with van der Waals surface area (Å²) in [5, 5.41) is 0. The molecule has 0 N–H and O–H groups in total. The van der Waals surface area contributed by atoms with Crippen molar-refractivity contribution < 1.29 is 14.3 Å². The highest BCUT2D eigenvalue weighted by molar-refractivity contribution is 9.10. The van der Waals surface area contributed by atoms with Crippen molar-refractivity contribution in [2.45, 2.75) is 32.6 Å². The fourth-order valence-corrected chi connectivity index (χ4v) is 3.22. The molecule has 0 amide bonds. The molecule has 3 nitrogen and oxygen atoms in total. The number of halogens is 1. The Morgan fingerprint density at radius 2 is 2.17 bits per heavy atom. The maximum Gasteiger partial charge on any atom is 0.164 e. The van der Waals surface area contributed by atoms with Gasteiger partial charge in [0.05, 0.1) is 0 Å². The first kappa shape index (κ1) is 13.4. The van der Waals surface area contributed by atoms with Crippen molar-refractivity contribution in [2.75, 3.05) is 13.2 Å². The van der Waals surface area contributed by atoms with E-state index in [2.05, 4.69) is 29.8 Å². The van der Waals surface area contributed by atoms with E-state index in [0.717, 1.165) is 39.8 Å². The maximum atomic E-state index is 10.7. The van der Waals surface area contributed by atoms with Crippen molar-refractivity contribution in [3.63, 3.8) is 0 Å². The average Bonchev–Trinajstić information content (AvgIpc) is 2.37. The molecule has 1 atom stereocenters. The Morgan fingerprint density at radius 3 is 2.83 bits per heavy atom. The van der Waals surface area contributed by atoms with E-state index < -0.39 is 0 Å². The number of carbonyl (C=O) groups excluding carboxylic acids is 1. The van der Waals surface area contributed by atoms with Crippen LogP contribution in [0.4, 0.5) is 0 Å². The van der Waals surface area contributed by atoms with Gasteiger partial charge >= 0.3 is 0 Å². The van der Waals surface area contributed by atoms with E-state index in [1.165, 1.54) is 0 Å². The highest BCUT2D eigenvalue weighted by Gasteiger charge is 2.23. The van der Waals surface area contributed by atoms with Gasteiger partial charge in [0.2, 0.25) is 0 Å². The summed E-state index contributed by atoms with van der Waals surface area (Å²) < 4.78 is 12.4. The summed E-state index contributed by atoms with van der Waals surface area (Å²) in [6.07, 6.45) is 2.35. The summed E-state index contributed by atoms with van der Waals surface area (Å²) in [6, 6.07) is 1.95. The molecule has 1 aromatic rings. The minimum atomic E-state index is 0.183. The van der Waals surface area contributed by atoms with Crippen LogP contribution in [0.15, 0.2) is 10.5 Å². The molecule has 0 radical (unpaired) electrons. The molecule has 1 heterocycles. The lowest BCUT2D eigenvalue weighted by molar-refractivity contribution is -0.108. The van der Waals surface area contributed by atoms with Crippen molar-refractivity contribution in [2.24, 2.45) is 0 Å². The van der Waals surface area contributed by atoms with Crippen molar-refractivity contribution in [3.05, 3.63) is 21.7 Å². The second-order valence-corrected chi connectivity index (χ2v) is 5.29. The standard InChI is InChI=1S/C14H17BrO3/c1-3-10-13(9(2)4-5-16)11(15)8-12-14(10)18-7-6-17-12/h5,8-9H,3-4,6-7H2,1-2H3. The minimum absolute atomic E-state index is 0.183. The lowest BCUT2D eigenvalue weighted by Gasteiger charge is -2.25. The molecule has 2 rings (SSSR count). The van der Waals surface area contributed by atoms with E-state index in [0.29, 0.717) is 19.6 Å². The van der Waals surface area contributed by atoms with Crippen LogP contribution < -0.4 is 9.47 Å². The van der Waals surface area contributed by atoms with E-state index in [9.17, 15) is 4.79 Å². The predicted molar refractivity (Wildman–Crippen MR) is 73.6 cm³/mol. The molecule has 0 aromatic heterocycles. The molecule has 1 unspecified atom stereocenters. The zero-order valence-electron chi connectivity index (χ0n) is 10.7. The van der Waals surface area contributed by atoms with E-state index in [-0.39, 0.29) is 5.92 Å². The minimum Gasteiger partial charge on any atom is -0.486 e. The normalized spacial score (nSPS) is 15.3. The van der Waals surface area contributed by atoms with Gasteiger partial charge in [0.25, 0.3) is 0 Å². The monoisotopic (exact) mass is 312 g/mol. The van der Waals surface area contributed by atoms with Gasteiger partial charge in [-0.25, -0.2) is 0 Å². The van der Waals surface area contributed by atoms with Gasteiger partial charge in [-0.2, -0.15) is 0 Å². The first-order valence-electron chi connectivity index (χ1n) is 6.23. The highest BCUT2D eigenvalue weighted by atomic mass is 79.9. The van der Waals surface area contributed by atoms with Crippen molar-refractivity contribution >= 4 is 22.2 Å². The van der Waals surface area contributed by atoms with Gasteiger partial charge < -0.3 is 14.3 Å². The Morgan fingerprint density at radius 1 is 1.44 bits per heavy atom. The van der Waals surface area contributed by atoms with Gasteiger partial charge in [0.1, 0.15) is 19.5 Å². The Bertz CT molecular complexity index is 457. The number of carbonyl (C=O) groups is 1. The average molecular weight is 313 g/mol. The van der Waals surface area contributed by atoms with Crippen molar-refractivity contribution in [1.82, 2.24) is 0 Å². The Balaban J connectivity index is 2.54. The van der Waals surface area contributed by atoms with Gasteiger partial charge in [-0.15, -0.1) is 0 Å². The summed E-state index contributed by atoms with van der Waals surface area (Å²) in [4.78, 5) is 10.7. The molecule has 1 aliphatic heterocycles. The number of ether oxygens (including phenoxy) is 2. The summed E-state index contributed by atoms with van der Waals surface area (Å²) in [5.41, 5.74) is 2.31. The quantitative estimate of drug-likeness (QED) is 0.799. The zero-order valence-corrected chi connectivity index (χ0v) is 12.2. The second kappa shape index (κ2) is 5.74. The third kappa shape index (κ3) is 2.39. The molecule has 0 saturated heterocycles. The third-order valence-electron chi connectivity index (χ3n) is 3.22. The second-order valence-electron chi connectivity index (χ2n) is 4.43. The SMILES string of the molecule is CCc1c2c(cc(Br)c1C(C)CC=O)OCCO2. The number of fused-ring (bicyclic) bond motifs is 1. The molecule has 1 aromatic carbocycles. The van der Waals surface area contributed by atoms with Gasteiger partial charge in [0.15, 0.2) is 11.5 Å². The van der Waals surface area contributed by atoms with Crippen LogP contribution in [0.25, 0.3) is 0 Å². The fourth-order valence-electron chi connectivity index (χ4n) is 2.38. The topological polar surface area (TPSA) is 35.5 Å². The van der Waals surface area contributed by atoms with Gasteiger partial charge in [0, 0.05) is 16.5 Å². The third-order valence-corrected chi connectivity index (χ3v) is 3.88. The summed E-state index contributed by atoms with van der Waals surface area (Å²) >= 11 is 3.59. The lowest BCUT2D eigenvalue weighted by Crippen LogP contribution is -2.18. The molecule has 98 valence electrons. The fraction of sp³-hybridized carbons (Fsp3) is 0.500. The first-order valence-corrected chi connectivity index (χ1v) is 7.02. The largest absolute Gasteiger partial charge is 0.486 e. The number of aldehydes is 1. The number of rotatable bonds is 4. The van der Waals surface area contributed by atoms with Crippen LogP contribution in [-0.4, -0.2) is 19.5 Å². The molecule has 0 bridgehead atoms. The van der Waals surface area contributed by atoms with Crippen LogP contribution in [0.3, 0.4) is 0 Å². The van der Waals surface area contributed by atoms with E-state index in [1.54, 1.807) is 0 Å². The lowest BCUT2D eigenvalue weighted by atomic mass is 9.91. The Kier molecular flexibility index (Phi) is 4.27. The summed E-state index contributed by atoms with van der Waals surface area (Å²) in [7, 11) is 0. The molecular weight excluding hydrogens is 296 g/mol. The Labute approximate surface area is 116 Å². The smallest absolute Gasteiger partial charge is 0.164 e. The summed E-state index contributed by atoms with van der Waals surface area (Å²) in [5.74, 6) is 1.83.